The van der Waals surface area contributed by atoms with Gasteiger partial charge in [0.15, 0.2) is 0 Å². The van der Waals surface area contributed by atoms with Crippen LogP contribution >= 0.6 is 0 Å². The molecule has 5 rings (SSSR count). The number of nitrogens with two attached hydrogens (primary N) is 1. The number of ether oxygens (including phenoxy) is 1. The van der Waals surface area contributed by atoms with Gasteiger partial charge in [-0.05, 0) is 72.1 Å². The number of nitrogens with one attached hydrogen (secondary N) is 1. The highest BCUT2D eigenvalue weighted by molar-refractivity contribution is 6.06. The van der Waals surface area contributed by atoms with Crippen molar-refractivity contribution in [2.45, 2.75) is 13.0 Å². The lowest BCUT2D eigenvalue weighted by molar-refractivity contribution is -0.384. The van der Waals surface area contributed by atoms with Crippen molar-refractivity contribution in [2.24, 2.45) is 5.73 Å². The number of anilines is 2. The maximum absolute atomic E-state index is 13.3. The van der Waals surface area contributed by atoms with Crippen LogP contribution in [0, 0.1) is 10.1 Å². The fraction of sp³-hybridized carbons (Fsp3) is 0.242. The lowest BCUT2D eigenvalue weighted by Crippen LogP contribution is -2.36. The Morgan fingerprint density at radius 3 is 2.45 bits per heavy atom. The van der Waals surface area contributed by atoms with Gasteiger partial charge in [0.2, 0.25) is 0 Å². The third-order valence-electron chi connectivity index (χ3n) is 7.40. The van der Waals surface area contributed by atoms with E-state index in [0.29, 0.717) is 69.2 Å². The highest BCUT2D eigenvalue weighted by Gasteiger charge is 2.20. The van der Waals surface area contributed by atoms with Gasteiger partial charge in [-0.3, -0.25) is 24.7 Å². The van der Waals surface area contributed by atoms with Crippen LogP contribution in [-0.2, 0) is 11.3 Å². The monoisotopic (exact) mass is 594 g/mol. The van der Waals surface area contributed by atoms with Gasteiger partial charge in [-0.25, -0.2) is 0 Å². The first-order valence-corrected chi connectivity index (χ1v) is 14.4. The Balaban J connectivity index is 1.42. The third kappa shape index (κ3) is 7.44. The van der Waals surface area contributed by atoms with Gasteiger partial charge in [0.05, 0.1) is 35.1 Å². The van der Waals surface area contributed by atoms with E-state index in [-0.39, 0.29) is 17.5 Å². The van der Waals surface area contributed by atoms with E-state index in [1.807, 2.05) is 42.5 Å². The molecule has 3 aromatic carbocycles. The minimum absolute atomic E-state index is 0.0823. The number of carbonyl (C=O) groups is 2. The van der Waals surface area contributed by atoms with E-state index in [4.69, 9.17) is 10.5 Å². The van der Waals surface area contributed by atoms with Crippen LogP contribution in [-0.4, -0.2) is 66.0 Å². The quantitative estimate of drug-likeness (QED) is 0.187. The van der Waals surface area contributed by atoms with Crippen molar-refractivity contribution in [3.8, 4) is 11.1 Å². The Morgan fingerprint density at radius 2 is 1.75 bits per heavy atom. The zero-order valence-electron chi connectivity index (χ0n) is 24.2. The molecule has 0 atom stereocenters. The number of rotatable bonds is 11. The molecule has 0 aliphatic carbocycles. The van der Waals surface area contributed by atoms with Crippen molar-refractivity contribution < 1.29 is 19.2 Å². The summed E-state index contributed by atoms with van der Waals surface area (Å²) >= 11 is 0. The zero-order valence-corrected chi connectivity index (χ0v) is 24.2. The molecule has 1 fully saturated rings. The standard InChI is InChI=1S/C33H34N6O5/c34-13-3-15-38(33(41)28-6-2-14-35-22-28)23-24-4-1-5-26(20-24)27-9-12-31(37-16-18-44-19-17-37)30(21-27)36-32(40)25-7-10-29(11-8-25)39(42)43/h1-2,4-12,14,20-22H,3,13,15-19,23,34H2,(H,36,40). The smallest absolute Gasteiger partial charge is 0.269 e. The Morgan fingerprint density at radius 1 is 0.977 bits per heavy atom. The van der Waals surface area contributed by atoms with E-state index in [0.717, 1.165) is 22.4 Å². The second-order valence-corrected chi connectivity index (χ2v) is 10.4. The molecule has 0 unspecified atom stereocenters. The normalized spacial score (nSPS) is 12.9. The van der Waals surface area contributed by atoms with Crippen LogP contribution in [0.25, 0.3) is 11.1 Å². The van der Waals surface area contributed by atoms with E-state index < -0.39 is 4.92 Å². The number of nitrogens with zero attached hydrogens (tertiary/aromatic N) is 4. The molecule has 44 heavy (non-hydrogen) atoms. The van der Waals surface area contributed by atoms with Crippen LogP contribution in [0.15, 0.2) is 91.3 Å². The summed E-state index contributed by atoms with van der Waals surface area (Å²) < 4.78 is 5.53. The summed E-state index contributed by atoms with van der Waals surface area (Å²) in [7, 11) is 0. The predicted octanol–water partition coefficient (Wildman–Crippen LogP) is 4.74. The highest BCUT2D eigenvalue weighted by Crippen LogP contribution is 2.33. The number of nitro groups is 1. The van der Waals surface area contributed by atoms with Gasteiger partial charge in [0.1, 0.15) is 0 Å². The summed E-state index contributed by atoms with van der Waals surface area (Å²) in [4.78, 5) is 45.1. The topological polar surface area (TPSA) is 144 Å². The van der Waals surface area contributed by atoms with E-state index >= 15 is 0 Å². The van der Waals surface area contributed by atoms with Crippen LogP contribution in [0.4, 0.5) is 17.1 Å². The summed E-state index contributed by atoms with van der Waals surface area (Å²) in [5, 5.41) is 14.1. The predicted molar refractivity (Wildman–Crippen MR) is 169 cm³/mol. The maximum atomic E-state index is 13.3. The lowest BCUT2D eigenvalue weighted by Gasteiger charge is -2.31. The van der Waals surface area contributed by atoms with Crippen LogP contribution in [0.1, 0.15) is 32.7 Å². The van der Waals surface area contributed by atoms with Gasteiger partial charge in [-0.1, -0.05) is 24.3 Å². The number of carbonyl (C=O) groups excluding carboxylic acids is 2. The number of hydrogen-bond donors (Lipinski definition) is 2. The first-order valence-electron chi connectivity index (χ1n) is 14.4. The molecule has 1 aliphatic rings. The molecule has 226 valence electrons. The van der Waals surface area contributed by atoms with Crippen molar-refractivity contribution in [3.63, 3.8) is 0 Å². The molecular formula is C33H34N6O5. The van der Waals surface area contributed by atoms with Crippen LogP contribution in [0.5, 0.6) is 0 Å². The summed E-state index contributed by atoms with van der Waals surface area (Å²) in [6.07, 6.45) is 3.88. The van der Waals surface area contributed by atoms with Crippen molar-refractivity contribution >= 4 is 28.9 Å². The Labute approximate surface area is 255 Å². The van der Waals surface area contributed by atoms with Gasteiger partial charge in [-0.15, -0.1) is 0 Å². The molecule has 0 bridgehead atoms. The number of hydrogen-bond acceptors (Lipinski definition) is 8. The molecule has 2 amide bonds. The summed E-state index contributed by atoms with van der Waals surface area (Å²) in [5.41, 5.74) is 10.8. The molecule has 0 spiro atoms. The average Bonchev–Trinajstić information content (AvgIpc) is 3.07. The number of aromatic nitrogens is 1. The van der Waals surface area contributed by atoms with E-state index in [1.54, 1.807) is 29.4 Å². The minimum atomic E-state index is -0.498. The number of nitro benzene ring substituents is 1. The molecule has 2 heterocycles. The Bertz CT molecular complexity index is 1610. The number of non-ortho nitro benzene ring substituents is 1. The van der Waals surface area contributed by atoms with Crippen molar-refractivity contribution in [1.29, 1.82) is 0 Å². The number of pyridine rings is 1. The second-order valence-electron chi connectivity index (χ2n) is 10.4. The Hall–Kier alpha value is -5.13. The molecule has 1 aliphatic heterocycles. The molecule has 1 aromatic heterocycles. The van der Waals surface area contributed by atoms with E-state index in [1.165, 1.54) is 24.3 Å². The first-order chi connectivity index (χ1) is 21.4. The average molecular weight is 595 g/mol. The number of amides is 2. The maximum Gasteiger partial charge on any atom is 0.269 e. The van der Waals surface area contributed by atoms with E-state index in [9.17, 15) is 19.7 Å². The van der Waals surface area contributed by atoms with Gasteiger partial charge >= 0.3 is 0 Å². The Kier molecular flexibility index (Phi) is 9.90. The fourth-order valence-electron chi connectivity index (χ4n) is 5.10. The molecule has 0 saturated carbocycles. The molecule has 11 heteroatoms. The fourth-order valence-corrected chi connectivity index (χ4v) is 5.10. The summed E-state index contributed by atoms with van der Waals surface area (Å²) in [6, 6.07) is 22.9. The summed E-state index contributed by atoms with van der Waals surface area (Å²) in [5.74, 6) is -0.479. The molecule has 4 aromatic rings. The summed E-state index contributed by atoms with van der Waals surface area (Å²) in [6.45, 7) is 3.91. The van der Waals surface area contributed by atoms with Crippen LogP contribution in [0.3, 0.4) is 0 Å². The van der Waals surface area contributed by atoms with Gasteiger partial charge in [-0.2, -0.15) is 0 Å². The van der Waals surface area contributed by atoms with Crippen LogP contribution < -0.4 is 16.0 Å². The van der Waals surface area contributed by atoms with E-state index in [2.05, 4.69) is 15.2 Å². The van der Waals surface area contributed by atoms with Crippen molar-refractivity contribution in [1.82, 2.24) is 9.88 Å². The molecule has 1 saturated heterocycles. The SMILES string of the molecule is NCCCN(Cc1cccc(-c2ccc(N3CCOCC3)c(NC(=O)c3ccc([N+](=O)[O-])cc3)c2)c1)C(=O)c1cccnc1. The molecule has 3 N–H and O–H groups in total. The lowest BCUT2D eigenvalue weighted by atomic mass is 10.0. The van der Waals surface area contributed by atoms with Crippen molar-refractivity contribution in [3.05, 3.63) is 118 Å². The zero-order chi connectivity index (χ0) is 30.9. The highest BCUT2D eigenvalue weighted by atomic mass is 16.6. The number of benzene rings is 3. The van der Waals surface area contributed by atoms with Crippen molar-refractivity contribution in [2.75, 3.05) is 49.6 Å². The van der Waals surface area contributed by atoms with Gasteiger partial charge in [0.25, 0.3) is 17.5 Å². The minimum Gasteiger partial charge on any atom is -0.378 e. The van der Waals surface area contributed by atoms with Crippen LogP contribution in [0.2, 0.25) is 0 Å². The first kappa shape index (κ1) is 30.3. The molecular weight excluding hydrogens is 560 g/mol. The number of morpholine rings is 1. The largest absolute Gasteiger partial charge is 0.378 e. The third-order valence-corrected chi connectivity index (χ3v) is 7.40. The molecule has 0 radical (unpaired) electrons. The van der Waals surface area contributed by atoms with Gasteiger partial charge in [0, 0.05) is 56.3 Å². The molecule has 11 nitrogen and oxygen atoms in total. The second kappa shape index (κ2) is 14.4. The van der Waals surface area contributed by atoms with Gasteiger partial charge < -0.3 is 25.6 Å².